The zero-order valence-electron chi connectivity index (χ0n) is 11.9. The molecular formula is C18H22N2. The number of pyridine rings is 1. The number of fused-ring (bicyclic) bond motifs is 1. The predicted octanol–water partition coefficient (Wildman–Crippen LogP) is 4.21. The highest BCUT2D eigenvalue weighted by atomic mass is 14.8. The van der Waals surface area contributed by atoms with E-state index in [-0.39, 0.29) is 0 Å². The van der Waals surface area contributed by atoms with Crippen LogP contribution in [0.5, 0.6) is 0 Å². The van der Waals surface area contributed by atoms with Gasteiger partial charge in [0.2, 0.25) is 0 Å². The molecule has 1 N–H and O–H groups in total. The van der Waals surface area contributed by atoms with Crippen molar-refractivity contribution in [3.05, 3.63) is 53.7 Å². The number of hydrogen-bond donors (Lipinski definition) is 1. The van der Waals surface area contributed by atoms with Crippen LogP contribution in [0.2, 0.25) is 0 Å². The molecule has 2 aromatic rings. The third-order valence-electron chi connectivity index (χ3n) is 4.04. The summed E-state index contributed by atoms with van der Waals surface area (Å²) in [6, 6.07) is 10.5. The Morgan fingerprint density at radius 1 is 1.10 bits per heavy atom. The Hall–Kier alpha value is -1.67. The fourth-order valence-electron chi connectivity index (χ4n) is 2.91. The molecule has 104 valence electrons. The molecule has 0 atom stereocenters. The van der Waals surface area contributed by atoms with E-state index in [2.05, 4.69) is 40.6 Å². The van der Waals surface area contributed by atoms with Crippen LogP contribution in [0.1, 0.15) is 37.7 Å². The van der Waals surface area contributed by atoms with Gasteiger partial charge in [-0.25, -0.2) is 0 Å². The molecule has 1 aromatic heterocycles. The molecule has 1 aliphatic carbocycles. The van der Waals surface area contributed by atoms with Gasteiger partial charge in [-0.15, -0.1) is 0 Å². The van der Waals surface area contributed by atoms with Crippen LogP contribution in [0.4, 0.5) is 0 Å². The molecule has 3 rings (SSSR count). The zero-order chi connectivity index (χ0) is 13.6. The molecule has 1 heterocycles. The third-order valence-corrected chi connectivity index (χ3v) is 4.04. The van der Waals surface area contributed by atoms with Crippen molar-refractivity contribution in [3.8, 4) is 0 Å². The highest BCUT2D eigenvalue weighted by Crippen LogP contribution is 2.19. The molecule has 0 spiro atoms. The highest BCUT2D eigenvalue weighted by Gasteiger charge is 2.04. The lowest BCUT2D eigenvalue weighted by atomic mass is 9.97. The summed E-state index contributed by atoms with van der Waals surface area (Å²) in [6.07, 6.45) is 10.8. The molecule has 0 radical (unpaired) electrons. The molecule has 0 saturated carbocycles. The van der Waals surface area contributed by atoms with Crippen molar-refractivity contribution in [2.45, 2.75) is 38.6 Å². The first kappa shape index (κ1) is 13.3. The summed E-state index contributed by atoms with van der Waals surface area (Å²) in [7, 11) is 0. The molecule has 0 bridgehead atoms. The van der Waals surface area contributed by atoms with Gasteiger partial charge in [0, 0.05) is 18.1 Å². The Balaban J connectivity index is 1.56. The fourth-order valence-corrected chi connectivity index (χ4v) is 2.91. The van der Waals surface area contributed by atoms with Crippen molar-refractivity contribution in [2.24, 2.45) is 0 Å². The van der Waals surface area contributed by atoms with Crippen LogP contribution in [-0.4, -0.2) is 11.5 Å². The normalized spacial score (nSPS) is 15.3. The summed E-state index contributed by atoms with van der Waals surface area (Å²) in [5, 5.41) is 4.78. The monoisotopic (exact) mass is 266 g/mol. The summed E-state index contributed by atoms with van der Waals surface area (Å²) < 4.78 is 0. The van der Waals surface area contributed by atoms with Gasteiger partial charge in [-0.2, -0.15) is 0 Å². The van der Waals surface area contributed by atoms with E-state index in [9.17, 15) is 0 Å². The third kappa shape index (κ3) is 3.26. The molecule has 0 aliphatic heterocycles. The lowest BCUT2D eigenvalue weighted by Crippen LogP contribution is -2.16. The molecule has 0 fully saturated rings. The van der Waals surface area contributed by atoms with Gasteiger partial charge in [0.05, 0.1) is 5.52 Å². The van der Waals surface area contributed by atoms with Gasteiger partial charge in [0.15, 0.2) is 0 Å². The lowest BCUT2D eigenvalue weighted by Gasteiger charge is -2.13. The van der Waals surface area contributed by atoms with Gasteiger partial charge < -0.3 is 5.32 Å². The highest BCUT2D eigenvalue weighted by molar-refractivity contribution is 5.81. The zero-order valence-corrected chi connectivity index (χ0v) is 11.9. The van der Waals surface area contributed by atoms with Crippen LogP contribution >= 0.6 is 0 Å². The number of benzene rings is 1. The van der Waals surface area contributed by atoms with Gasteiger partial charge in [0.1, 0.15) is 0 Å². The Kier molecular flexibility index (Phi) is 4.44. The smallest absolute Gasteiger partial charge is 0.0746 e. The summed E-state index contributed by atoms with van der Waals surface area (Å²) >= 11 is 0. The van der Waals surface area contributed by atoms with Crippen LogP contribution in [-0.2, 0) is 6.54 Å². The number of para-hydroxylation sites is 1. The fraction of sp³-hybridized carbons (Fsp3) is 0.389. The number of nitrogens with one attached hydrogen (secondary N) is 1. The number of rotatable bonds is 5. The Labute approximate surface area is 120 Å². The van der Waals surface area contributed by atoms with E-state index in [4.69, 9.17) is 0 Å². The van der Waals surface area contributed by atoms with E-state index in [1.807, 2.05) is 12.3 Å². The summed E-state index contributed by atoms with van der Waals surface area (Å²) in [6.45, 7) is 1.97. The first-order chi connectivity index (χ1) is 9.93. The SMILES string of the molecule is C1=C(CCNCc2cccc3cccnc23)CCCC1. The molecule has 2 heteroatoms. The van der Waals surface area contributed by atoms with Gasteiger partial charge in [0.25, 0.3) is 0 Å². The van der Waals surface area contributed by atoms with Crippen LogP contribution in [0.25, 0.3) is 10.9 Å². The number of hydrogen-bond acceptors (Lipinski definition) is 2. The van der Waals surface area contributed by atoms with E-state index >= 15 is 0 Å². The minimum atomic E-state index is 0.904. The second kappa shape index (κ2) is 6.67. The molecule has 0 saturated heterocycles. The van der Waals surface area contributed by atoms with Gasteiger partial charge in [-0.3, -0.25) is 4.98 Å². The second-order valence-electron chi connectivity index (χ2n) is 5.53. The first-order valence-corrected chi connectivity index (χ1v) is 7.65. The molecule has 1 aliphatic rings. The van der Waals surface area contributed by atoms with Crippen LogP contribution in [0.3, 0.4) is 0 Å². The standard InChI is InChI=1S/C18H22N2/c1-2-6-15(7-3-1)11-13-19-14-17-9-4-8-16-10-5-12-20-18(16)17/h4-6,8-10,12,19H,1-3,7,11,13-14H2. The summed E-state index contributed by atoms with van der Waals surface area (Å²) in [5.74, 6) is 0. The van der Waals surface area contributed by atoms with Crippen molar-refractivity contribution < 1.29 is 0 Å². The number of allylic oxidation sites excluding steroid dienone is 1. The maximum atomic E-state index is 4.50. The van der Waals surface area contributed by atoms with Gasteiger partial charge in [-0.1, -0.05) is 35.9 Å². The Morgan fingerprint density at radius 2 is 2.05 bits per heavy atom. The first-order valence-electron chi connectivity index (χ1n) is 7.65. The molecule has 20 heavy (non-hydrogen) atoms. The largest absolute Gasteiger partial charge is 0.312 e. The summed E-state index contributed by atoms with van der Waals surface area (Å²) in [4.78, 5) is 4.50. The van der Waals surface area contributed by atoms with E-state index in [0.29, 0.717) is 0 Å². The lowest BCUT2D eigenvalue weighted by molar-refractivity contribution is 0.633. The van der Waals surface area contributed by atoms with Gasteiger partial charge >= 0.3 is 0 Å². The van der Waals surface area contributed by atoms with Crippen molar-refractivity contribution >= 4 is 10.9 Å². The second-order valence-corrected chi connectivity index (χ2v) is 5.53. The summed E-state index contributed by atoms with van der Waals surface area (Å²) in [5.41, 5.74) is 4.06. The molecule has 2 nitrogen and oxygen atoms in total. The minimum Gasteiger partial charge on any atom is -0.312 e. The topological polar surface area (TPSA) is 24.9 Å². The maximum Gasteiger partial charge on any atom is 0.0746 e. The molecule has 0 unspecified atom stereocenters. The number of nitrogens with zero attached hydrogens (tertiary/aromatic N) is 1. The quantitative estimate of drug-likeness (QED) is 0.647. The molecule has 0 amide bonds. The van der Waals surface area contributed by atoms with Crippen molar-refractivity contribution in [1.82, 2.24) is 10.3 Å². The minimum absolute atomic E-state index is 0.904. The predicted molar refractivity (Wildman–Crippen MR) is 84.6 cm³/mol. The molecule has 1 aromatic carbocycles. The van der Waals surface area contributed by atoms with E-state index in [0.717, 1.165) is 18.6 Å². The number of aromatic nitrogens is 1. The Bertz CT molecular complexity index is 596. The Morgan fingerprint density at radius 3 is 2.95 bits per heavy atom. The molecular weight excluding hydrogens is 244 g/mol. The van der Waals surface area contributed by atoms with E-state index in [1.165, 1.54) is 43.1 Å². The maximum absolute atomic E-state index is 4.50. The average Bonchev–Trinajstić information content (AvgIpc) is 2.53. The van der Waals surface area contributed by atoms with Crippen LogP contribution in [0.15, 0.2) is 48.2 Å². The average molecular weight is 266 g/mol. The van der Waals surface area contributed by atoms with Crippen LogP contribution in [0, 0.1) is 0 Å². The van der Waals surface area contributed by atoms with Crippen molar-refractivity contribution in [1.29, 1.82) is 0 Å². The van der Waals surface area contributed by atoms with Crippen LogP contribution < -0.4 is 5.32 Å². The van der Waals surface area contributed by atoms with Crippen molar-refractivity contribution in [3.63, 3.8) is 0 Å². The van der Waals surface area contributed by atoms with E-state index in [1.54, 1.807) is 5.57 Å². The van der Waals surface area contributed by atoms with Gasteiger partial charge in [-0.05, 0) is 50.3 Å². The van der Waals surface area contributed by atoms with Crippen molar-refractivity contribution in [2.75, 3.05) is 6.54 Å². The van der Waals surface area contributed by atoms with E-state index < -0.39 is 0 Å².